The van der Waals surface area contributed by atoms with E-state index in [1.54, 1.807) is 31.0 Å². The third-order valence-corrected chi connectivity index (χ3v) is 3.70. The average molecular weight is 273 g/mol. The number of halogens is 1. The van der Waals surface area contributed by atoms with Gasteiger partial charge in [0.25, 0.3) is 0 Å². The fourth-order valence-corrected chi connectivity index (χ4v) is 2.45. The van der Waals surface area contributed by atoms with E-state index in [0.717, 1.165) is 10.6 Å². The van der Waals surface area contributed by atoms with Crippen LogP contribution in [0.1, 0.15) is 11.1 Å². The lowest BCUT2D eigenvalue weighted by Gasteiger charge is -2.05. The quantitative estimate of drug-likeness (QED) is 0.789. The van der Waals surface area contributed by atoms with Crippen LogP contribution < -0.4 is 4.74 Å². The molecule has 0 saturated heterocycles. The van der Waals surface area contributed by atoms with Crippen molar-refractivity contribution in [1.29, 1.82) is 5.26 Å². The predicted molar refractivity (Wildman–Crippen MR) is 73.7 cm³/mol. The van der Waals surface area contributed by atoms with Crippen molar-refractivity contribution in [3.05, 3.63) is 59.4 Å². The third kappa shape index (κ3) is 3.49. The number of benzene rings is 2. The number of ether oxygens (including phenoxy) is 1. The molecule has 0 aliphatic carbocycles. The molecule has 2 nitrogen and oxygen atoms in total. The lowest BCUT2D eigenvalue weighted by atomic mass is 10.1. The molecule has 0 atom stereocenters. The van der Waals surface area contributed by atoms with Crippen LogP contribution in [0.2, 0.25) is 0 Å². The number of methoxy groups -OCH3 is 1. The van der Waals surface area contributed by atoms with E-state index in [1.165, 1.54) is 6.07 Å². The van der Waals surface area contributed by atoms with Gasteiger partial charge in [0, 0.05) is 10.6 Å². The van der Waals surface area contributed by atoms with Crippen molar-refractivity contribution in [1.82, 2.24) is 0 Å². The summed E-state index contributed by atoms with van der Waals surface area (Å²) in [6.07, 6.45) is 0. The van der Waals surface area contributed by atoms with Crippen LogP contribution in [0.25, 0.3) is 0 Å². The number of hydrogen-bond donors (Lipinski definition) is 0. The zero-order valence-electron chi connectivity index (χ0n) is 10.4. The van der Waals surface area contributed by atoms with Crippen molar-refractivity contribution in [3.63, 3.8) is 0 Å². The minimum Gasteiger partial charge on any atom is -0.497 e. The number of nitrogens with zero attached hydrogens (tertiary/aromatic N) is 1. The zero-order valence-corrected chi connectivity index (χ0v) is 11.2. The summed E-state index contributed by atoms with van der Waals surface area (Å²) in [5, 5.41) is 8.68. The summed E-state index contributed by atoms with van der Waals surface area (Å²) in [5.41, 5.74) is 0.940. The topological polar surface area (TPSA) is 33.0 Å². The van der Waals surface area contributed by atoms with Crippen molar-refractivity contribution in [3.8, 4) is 11.8 Å². The predicted octanol–water partition coefficient (Wildman–Crippen LogP) is 4.00. The molecule has 0 fully saturated rings. The molecule has 2 rings (SSSR count). The summed E-state index contributed by atoms with van der Waals surface area (Å²) >= 11 is 1.54. The Morgan fingerprint density at radius 1 is 1.21 bits per heavy atom. The summed E-state index contributed by atoms with van der Waals surface area (Å²) in [6, 6.07) is 14.1. The lowest BCUT2D eigenvalue weighted by molar-refractivity contribution is 0.414. The van der Waals surface area contributed by atoms with Gasteiger partial charge in [-0.3, -0.25) is 0 Å². The first-order chi connectivity index (χ1) is 9.22. The Hall–Kier alpha value is -1.99. The first kappa shape index (κ1) is 13.4. The van der Waals surface area contributed by atoms with Crippen molar-refractivity contribution in [2.75, 3.05) is 7.11 Å². The smallest absolute Gasteiger partial charge is 0.128 e. The molecule has 0 N–H and O–H groups in total. The fourth-order valence-electron chi connectivity index (χ4n) is 1.57. The molecule has 0 amide bonds. The molecular formula is C15H12FNOS. The van der Waals surface area contributed by atoms with E-state index >= 15 is 0 Å². The average Bonchev–Trinajstić information content (AvgIpc) is 2.46. The van der Waals surface area contributed by atoms with Crippen molar-refractivity contribution < 1.29 is 9.13 Å². The molecule has 0 bridgehead atoms. The van der Waals surface area contributed by atoms with E-state index in [4.69, 9.17) is 10.00 Å². The van der Waals surface area contributed by atoms with E-state index in [9.17, 15) is 4.39 Å². The van der Waals surface area contributed by atoms with Gasteiger partial charge in [-0.1, -0.05) is 6.07 Å². The summed E-state index contributed by atoms with van der Waals surface area (Å²) in [7, 11) is 1.62. The number of nitriles is 1. The van der Waals surface area contributed by atoms with Gasteiger partial charge in [-0.15, -0.1) is 11.8 Å². The van der Waals surface area contributed by atoms with Gasteiger partial charge in [0.05, 0.1) is 18.7 Å². The van der Waals surface area contributed by atoms with Crippen LogP contribution in [0.5, 0.6) is 5.75 Å². The Bertz CT molecular complexity index is 605. The molecule has 0 spiro atoms. The highest BCUT2D eigenvalue weighted by atomic mass is 32.2. The van der Waals surface area contributed by atoms with Gasteiger partial charge in [-0.05, 0) is 42.0 Å². The highest BCUT2D eigenvalue weighted by Gasteiger charge is 2.04. The second-order valence-electron chi connectivity index (χ2n) is 3.88. The second kappa shape index (κ2) is 6.26. The standard InChI is InChI=1S/C15H12FNOS/c1-18-13-4-6-14(7-5-13)19-10-12-3-2-11(9-17)8-15(12)16/h2-8H,10H2,1H3. The molecule has 0 heterocycles. The van der Waals surface area contributed by atoms with Gasteiger partial charge < -0.3 is 4.74 Å². The molecule has 0 aromatic heterocycles. The van der Waals surface area contributed by atoms with Crippen LogP contribution in [-0.2, 0) is 5.75 Å². The molecule has 96 valence electrons. The number of hydrogen-bond acceptors (Lipinski definition) is 3. The molecule has 0 unspecified atom stereocenters. The van der Waals surface area contributed by atoms with E-state index in [0.29, 0.717) is 16.9 Å². The van der Waals surface area contributed by atoms with Crippen molar-refractivity contribution >= 4 is 11.8 Å². The maximum absolute atomic E-state index is 13.7. The van der Waals surface area contributed by atoms with Crippen molar-refractivity contribution in [2.24, 2.45) is 0 Å². The van der Waals surface area contributed by atoms with Gasteiger partial charge in [0.15, 0.2) is 0 Å². The molecule has 2 aromatic rings. The Labute approximate surface area is 115 Å². The molecular weight excluding hydrogens is 261 g/mol. The Balaban J connectivity index is 2.04. The molecule has 0 saturated carbocycles. The van der Waals surface area contributed by atoms with E-state index in [2.05, 4.69) is 0 Å². The van der Waals surface area contributed by atoms with Crippen LogP contribution in [0, 0.1) is 17.1 Å². The number of thioether (sulfide) groups is 1. The highest BCUT2D eigenvalue weighted by molar-refractivity contribution is 7.98. The minimum atomic E-state index is -0.333. The number of rotatable bonds is 4. The van der Waals surface area contributed by atoms with Gasteiger partial charge >= 0.3 is 0 Å². The van der Waals surface area contributed by atoms with Crippen LogP contribution in [-0.4, -0.2) is 7.11 Å². The van der Waals surface area contributed by atoms with Crippen molar-refractivity contribution in [2.45, 2.75) is 10.6 Å². The van der Waals surface area contributed by atoms with E-state index in [-0.39, 0.29) is 5.82 Å². The first-order valence-corrected chi connectivity index (χ1v) is 6.67. The Morgan fingerprint density at radius 3 is 2.53 bits per heavy atom. The van der Waals surface area contributed by atoms with Gasteiger partial charge in [-0.2, -0.15) is 5.26 Å². The summed E-state index contributed by atoms with van der Waals surface area (Å²) in [4.78, 5) is 1.05. The molecule has 0 radical (unpaired) electrons. The maximum atomic E-state index is 13.7. The molecule has 19 heavy (non-hydrogen) atoms. The minimum absolute atomic E-state index is 0.333. The van der Waals surface area contributed by atoms with Gasteiger partial charge in [-0.25, -0.2) is 4.39 Å². The first-order valence-electron chi connectivity index (χ1n) is 5.68. The third-order valence-electron chi connectivity index (χ3n) is 2.64. The summed E-state index contributed by atoms with van der Waals surface area (Å²) in [5.74, 6) is 0.998. The summed E-state index contributed by atoms with van der Waals surface area (Å²) < 4.78 is 18.8. The zero-order chi connectivity index (χ0) is 13.7. The monoisotopic (exact) mass is 273 g/mol. The normalized spacial score (nSPS) is 9.95. The van der Waals surface area contributed by atoms with Crippen LogP contribution in [0.15, 0.2) is 47.4 Å². The highest BCUT2D eigenvalue weighted by Crippen LogP contribution is 2.26. The lowest BCUT2D eigenvalue weighted by Crippen LogP contribution is -1.89. The van der Waals surface area contributed by atoms with E-state index < -0.39 is 0 Å². The fraction of sp³-hybridized carbons (Fsp3) is 0.133. The molecule has 0 aliphatic rings. The second-order valence-corrected chi connectivity index (χ2v) is 4.93. The molecule has 2 aromatic carbocycles. The van der Waals surface area contributed by atoms with Gasteiger partial charge in [0.1, 0.15) is 11.6 Å². The van der Waals surface area contributed by atoms with Crippen LogP contribution in [0.3, 0.4) is 0 Å². The van der Waals surface area contributed by atoms with Gasteiger partial charge in [0.2, 0.25) is 0 Å². The Morgan fingerprint density at radius 2 is 1.95 bits per heavy atom. The Kier molecular flexibility index (Phi) is 4.43. The largest absolute Gasteiger partial charge is 0.497 e. The van der Waals surface area contributed by atoms with E-state index in [1.807, 2.05) is 30.3 Å². The maximum Gasteiger partial charge on any atom is 0.128 e. The summed E-state index contributed by atoms with van der Waals surface area (Å²) in [6.45, 7) is 0. The van der Waals surface area contributed by atoms with Crippen LogP contribution in [0.4, 0.5) is 4.39 Å². The molecule has 4 heteroatoms. The SMILES string of the molecule is COc1ccc(SCc2ccc(C#N)cc2F)cc1. The molecule has 0 aliphatic heterocycles. The van der Waals surface area contributed by atoms with Crippen LogP contribution >= 0.6 is 11.8 Å².